The zero-order chi connectivity index (χ0) is 20.1. The minimum absolute atomic E-state index is 0.0380. The summed E-state index contributed by atoms with van der Waals surface area (Å²) in [6.45, 7) is 12.4. The molecule has 1 aliphatic carbocycles. The largest absolute Gasteiger partial charge is 0.444 e. The van der Waals surface area contributed by atoms with E-state index in [2.05, 4.69) is 61.8 Å². The number of carbonyl (C=O) groups excluding carboxylic acids is 1. The third-order valence-electron chi connectivity index (χ3n) is 5.38. The lowest BCUT2D eigenvalue weighted by Crippen LogP contribution is -2.38. The van der Waals surface area contributed by atoms with E-state index in [0.717, 1.165) is 11.1 Å². The monoisotopic (exact) mass is 383 g/mol. The molecule has 0 aromatic heterocycles. The molecule has 2 atom stereocenters. The van der Waals surface area contributed by atoms with E-state index in [0.29, 0.717) is 0 Å². The summed E-state index contributed by atoms with van der Waals surface area (Å²) in [7, 11) is -1.54. The molecule has 4 heteroatoms. The van der Waals surface area contributed by atoms with Gasteiger partial charge in [-0.05, 0) is 50.0 Å². The van der Waals surface area contributed by atoms with Crippen molar-refractivity contribution in [2.24, 2.45) is 5.92 Å². The molecule has 0 saturated heterocycles. The number of benzene rings is 1. The Balaban J connectivity index is 2.34. The molecule has 0 heterocycles. The topological polar surface area (TPSA) is 38.3 Å². The van der Waals surface area contributed by atoms with Crippen molar-refractivity contribution in [1.29, 1.82) is 0 Å². The molecule has 0 saturated carbocycles. The lowest BCUT2D eigenvalue weighted by Gasteiger charge is -2.30. The van der Waals surface area contributed by atoms with Gasteiger partial charge in [-0.25, -0.2) is 4.79 Å². The van der Waals surface area contributed by atoms with Crippen molar-refractivity contribution < 1.29 is 9.53 Å². The highest BCUT2D eigenvalue weighted by Gasteiger charge is 2.30. The Hall–Kier alpha value is -1.99. The summed E-state index contributed by atoms with van der Waals surface area (Å²) in [5.41, 5.74) is 5.38. The van der Waals surface area contributed by atoms with E-state index < -0.39 is 19.8 Å². The third-order valence-corrected chi connectivity index (χ3v) is 10.1. The van der Waals surface area contributed by atoms with Gasteiger partial charge in [0.1, 0.15) is 13.7 Å². The Bertz CT molecular complexity index is 739. The molecule has 0 aliphatic heterocycles. The van der Waals surface area contributed by atoms with Crippen molar-refractivity contribution in [3.05, 3.63) is 41.5 Å². The fraction of sp³-hybridized carbons (Fsp3) is 0.522. The predicted molar refractivity (Wildman–Crippen MR) is 116 cm³/mol. The Labute approximate surface area is 165 Å². The van der Waals surface area contributed by atoms with Crippen LogP contribution in [0.25, 0.3) is 6.08 Å². The van der Waals surface area contributed by atoms with Gasteiger partial charge in [0, 0.05) is 0 Å². The van der Waals surface area contributed by atoms with Gasteiger partial charge in [0.05, 0.1) is 12.0 Å². The summed E-state index contributed by atoms with van der Waals surface area (Å²) >= 11 is 0. The summed E-state index contributed by atoms with van der Waals surface area (Å²) in [6, 6.07) is 11.5. The van der Waals surface area contributed by atoms with E-state index in [4.69, 9.17) is 4.74 Å². The SMILES string of the molecule is CC[Si](C#C[C@@H]1C=Cc2ccccc2[C@@H]1NC(=O)OC(C)(C)C)(CC)CC. The molecule has 1 amide bonds. The van der Waals surface area contributed by atoms with Crippen LogP contribution in [0.5, 0.6) is 0 Å². The van der Waals surface area contributed by atoms with Crippen LogP contribution in [0.1, 0.15) is 58.7 Å². The third kappa shape index (κ3) is 5.49. The van der Waals surface area contributed by atoms with Gasteiger partial charge in [0.15, 0.2) is 0 Å². The highest BCUT2D eigenvalue weighted by atomic mass is 28.3. The lowest BCUT2D eigenvalue weighted by molar-refractivity contribution is 0.0497. The summed E-state index contributed by atoms with van der Waals surface area (Å²) < 4.78 is 5.50. The summed E-state index contributed by atoms with van der Waals surface area (Å²) in [5.74, 6) is 3.49. The number of ether oxygens (including phenoxy) is 1. The second-order valence-corrected chi connectivity index (χ2v) is 13.2. The molecule has 0 unspecified atom stereocenters. The Morgan fingerprint density at radius 2 is 1.78 bits per heavy atom. The fourth-order valence-electron chi connectivity index (χ4n) is 3.44. The van der Waals surface area contributed by atoms with Crippen LogP contribution in [0, 0.1) is 17.4 Å². The minimum Gasteiger partial charge on any atom is -0.444 e. The average molecular weight is 384 g/mol. The van der Waals surface area contributed by atoms with Crippen LogP contribution in [0.4, 0.5) is 4.79 Å². The number of alkyl carbamates (subject to hydrolysis) is 1. The first-order chi connectivity index (χ1) is 12.7. The van der Waals surface area contributed by atoms with Crippen molar-refractivity contribution in [3.8, 4) is 11.5 Å². The van der Waals surface area contributed by atoms with E-state index in [9.17, 15) is 4.79 Å². The summed E-state index contributed by atoms with van der Waals surface area (Å²) in [5, 5.41) is 3.07. The summed E-state index contributed by atoms with van der Waals surface area (Å²) in [4.78, 5) is 12.5. The molecule has 1 aromatic carbocycles. The number of hydrogen-bond acceptors (Lipinski definition) is 2. The van der Waals surface area contributed by atoms with Crippen LogP contribution >= 0.6 is 0 Å². The maximum atomic E-state index is 12.5. The maximum Gasteiger partial charge on any atom is 0.408 e. The second-order valence-electron chi connectivity index (χ2n) is 8.25. The molecule has 1 aromatic rings. The highest BCUT2D eigenvalue weighted by Crippen LogP contribution is 2.32. The first-order valence-corrected chi connectivity index (χ1v) is 12.6. The van der Waals surface area contributed by atoms with Crippen LogP contribution in [0.3, 0.4) is 0 Å². The highest BCUT2D eigenvalue weighted by molar-refractivity contribution is 6.87. The smallest absolute Gasteiger partial charge is 0.408 e. The van der Waals surface area contributed by atoms with Gasteiger partial charge in [-0.3, -0.25) is 0 Å². The van der Waals surface area contributed by atoms with Gasteiger partial charge < -0.3 is 10.1 Å². The Morgan fingerprint density at radius 3 is 2.37 bits per heavy atom. The molecule has 1 aliphatic rings. The van der Waals surface area contributed by atoms with Crippen molar-refractivity contribution in [3.63, 3.8) is 0 Å². The molecule has 1 N–H and O–H groups in total. The van der Waals surface area contributed by atoms with Crippen LogP contribution in [-0.2, 0) is 4.74 Å². The zero-order valence-electron chi connectivity index (χ0n) is 17.6. The van der Waals surface area contributed by atoms with Gasteiger partial charge in [0.2, 0.25) is 0 Å². The van der Waals surface area contributed by atoms with Crippen LogP contribution in [0.15, 0.2) is 30.3 Å². The van der Waals surface area contributed by atoms with Crippen molar-refractivity contribution in [1.82, 2.24) is 5.32 Å². The quantitative estimate of drug-likeness (QED) is 0.515. The zero-order valence-corrected chi connectivity index (χ0v) is 18.6. The molecule has 0 bridgehead atoms. The number of fused-ring (bicyclic) bond motifs is 1. The molecular weight excluding hydrogens is 350 g/mol. The van der Waals surface area contributed by atoms with E-state index in [1.165, 1.54) is 18.1 Å². The number of rotatable bonds is 4. The van der Waals surface area contributed by atoms with E-state index in [-0.39, 0.29) is 12.0 Å². The van der Waals surface area contributed by atoms with Gasteiger partial charge >= 0.3 is 6.09 Å². The average Bonchev–Trinajstić information content (AvgIpc) is 2.63. The molecule has 0 radical (unpaired) electrons. The molecule has 0 fully saturated rings. The molecule has 3 nitrogen and oxygen atoms in total. The maximum absolute atomic E-state index is 12.5. The molecular formula is C23H33NO2Si. The van der Waals surface area contributed by atoms with Gasteiger partial charge in [-0.2, -0.15) is 0 Å². The first-order valence-electron chi connectivity index (χ1n) is 10.0. The van der Waals surface area contributed by atoms with Gasteiger partial charge in [0.25, 0.3) is 0 Å². The van der Waals surface area contributed by atoms with Crippen molar-refractivity contribution >= 4 is 20.2 Å². The summed E-state index contributed by atoms with van der Waals surface area (Å²) in [6.07, 6.45) is 3.85. The number of hydrogen-bond donors (Lipinski definition) is 1. The molecule has 2 rings (SSSR count). The first kappa shape index (κ1) is 21.3. The second kappa shape index (κ2) is 8.80. The standard InChI is InChI=1S/C23H33NO2Si/c1-7-27(8-2,9-3)17-16-19-15-14-18-12-10-11-13-20(18)21(19)24-22(25)26-23(4,5)6/h10-15,19,21H,7-9H2,1-6H3,(H,24,25)/t19-,21+/m0/s1. The van der Waals surface area contributed by atoms with E-state index in [1.807, 2.05) is 32.9 Å². The number of amides is 1. The predicted octanol–water partition coefficient (Wildman–Crippen LogP) is 5.95. The van der Waals surface area contributed by atoms with Crippen molar-refractivity contribution in [2.75, 3.05) is 0 Å². The fourth-order valence-corrected chi connectivity index (χ4v) is 5.95. The minimum atomic E-state index is -1.54. The van der Waals surface area contributed by atoms with E-state index in [1.54, 1.807) is 0 Å². The normalized spacial score (nSPS) is 18.9. The molecule has 0 spiro atoms. The Morgan fingerprint density at radius 1 is 1.15 bits per heavy atom. The molecule has 146 valence electrons. The number of carbonyl (C=O) groups is 1. The lowest BCUT2D eigenvalue weighted by atomic mass is 9.85. The van der Waals surface area contributed by atoms with Crippen molar-refractivity contribution in [2.45, 2.75) is 71.3 Å². The Kier molecular flexibility index (Phi) is 6.94. The number of nitrogens with one attached hydrogen (secondary N) is 1. The van der Waals surface area contributed by atoms with Crippen LogP contribution in [-0.4, -0.2) is 19.8 Å². The van der Waals surface area contributed by atoms with Gasteiger partial charge in [-0.15, -0.1) is 11.5 Å². The van der Waals surface area contributed by atoms with Crippen LogP contribution < -0.4 is 5.32 Å². The molecule has 27 heavy (non-hydrogen) atoms. The van der Waals surface area contributed by atoms with E-state index >= 15 is 0 Å². The van der Waals surface area contributed by atoms with Crippen LogP contribution in [0.2, 0.25) is 18.1 Å². The van der Waals surface area contributed by atoms with Gasteiger partial charge in [-0.1, -0.05) is 57.2 Å².